The van der Waals surface area contributed by atoms with Crippen LogP contribution in [0.5, 0.6) is 23.1 Å². The number of benzene rings is 3. The molecular formula is C31H21N5O2. The summed E-state index contributed by atoms with van der Waals surface area (Å²) in [6, 6.07) is 33.2. The number of fused-ring (bicyclic) bond motifs is 3. The van der Waals surface area contributed by atoms with E-state index < -0.39 is 0 Å². The Morgan fingerprint density at radius 1 is 0.579 bits per heavy atom. The van der Waals surface area contributed by atoms with Gasteiger partial charge in [0.2, 0.25) is 5.88 Å². The minimum Gasteiger partial charge on any atom is -0.457 e. The van der Waals surface area contributed by atoms with Crippen molar-refractivity contribution in [2.75, 3.05) is 0 Å². The van der Waals surface area contributed by atoms with Gasteiger partial charge in [-0.2, -0.15) is 5.10 Å². The van der Waals surface area contributed by atoms with Crippen LogP contribution in [-0.2, 0) is 0 Å². The Hall–Kier alpha value is -5.43. The lowest BCUT2D eigenvalue weighted by Crippen LogP contribution is -1.96. The van der Waals surface area contributed by atoms with E-state index in [0.717, 1.165) is 33.3 Å². The predicted octanol–water partition coefficient (Wildman–Crippen LogP) is 7.34. The van der Waals surface area contributed by atoms with Crippen LogP contribution in [0.25, 0.3) is 33.3 Å². The van der Waals surface area contributed by atoms with Crippen LogP contribution in [0.2, 0.25) is 0 Å². The van der Waals surface area contributed by atoms with E-state index in [2.05, 4.69) is 43.9 Å². The third-order valence-corrected chi connectivity index (χ3v) is 6.24. The first-order valence-electron chi connectivity index (χ1n) is 12.2. The Kier molecular flexibility index (Phi) is 5.29. The van der Waals surface area contributed by atoms with Crippen molar-refractivity contribution in [1.29, 1.82) is 0 Å². The molecule has 3 aromatic carbocycles. The number of aromatic nitrogens is 5. The molecule has 4 heterocycles. The molecule has 7 nitrogen and oxygen atoms in total. The molecule has 0 spiro atoms. The zero-order valence-corrected chi connectivity index (χ0v) is 20.2. The highest BCUT2D eigenvalue weighted by molar-refractivity contribution is 6.07. The maximum absolute atomic E-state index is 6.16. The molecule has 38 heavy (non-hydrogen) atoms. The molecule has 0 bridgehead atoms. The van der Waals surface area contributed by atoms with Gasteiger partial charge >= 0.3 is 0 Å². The van der Waals surface area contributed by atoms with E-state index in [9.17, 15) is 0 Å². The van der Waals surface area contributed by atoms with Gasteiger partial charge in [0.05, 0.1) is 29.3 Å². The van der Waals surface area contributed by atoms with Gasteiger partial charge < -0.3 is 9.47 Å². The quantitative estimate of drug-likeness (QED) is 0.241. The van der Waals surface area contributed by atoms with Gasteiger partial charge in [-0.25, -0.2) is 14.6 Å². The maximum Gasteiger partial charge on any atom is 0.219 e. The van der Waals surface area contributed by atoms with Crippen molar-refractivity contribution in [1.82, 2.24) is 24.3 Å². The molecule has 7 rings (SSSR count). The molecule has 0 saturated heterocycles. The normalized spacial score (nSPS) is 11.2. The van der Waals surface area contributed by atoms with Gasteiger partial charge in [-0.15, -0.1) is 0 Å². The molecule has 0 aliphatic rings. The topological polar surface area (TPSA) is 67.0 Å². The summed E-state index contributed by atoms with van der Waals surface area (Å²) in [5, 5.41) is 6.92. The van der Waals surface area contributed by atoms with Crippen LogP contribution in [0, 0.1) is 0 Å². The second-order valence-electron chi connectivity index (χ2n) is 8.71. The maximum atomic E-state index is 6.16. The summed E-state index contributed by atoms with van der Waals surface area (Å²) < 4.78 is 16.0. The fourth-order valence-electron chi connectivity index (χ4n) is 4.58. The van der Waals surface area contributed by atoms with Crippen molar-refractivity contribution in [3.8, 4) is 34.5 Å². The highest BCUT2D eigenvalue weighted by Gasteiger charge is 2.14. The first kappa shape index (κ1) is 21.8. The Labute approximate surface area is 218 Å². The highest BCUT2D eigenvalue weighted by atomic mass is 16.5. The number of hydrogen-bond donors (Lipinski definition) is 0. The van der Waals surface area contributed by atoms with Crippen LogP contribution < -0.4 is 9.47 Å². The zero-order chi connectivity index (χ0) is 25.3. The van der Waals surface area contributed by atoms with Crippen LogP contribution >= 0.6 is 0 Å². The molecule has 7 aromatic rings. The van der Waals surface area contributed by atoms with Gasteiger partial charge in [-0.05, 0) is 48.5 Å². The van der Waals surface area contributed by atoms with Gasteiger partial charge in [-0.1, -0.05) is 36.4 Å². The molecule has 182 valence electrons. The summed E-state index contributed by atoms with van der Waals surface area (Å²) >= 11 is 0. The summed E-state index contributed by atoms with van der Waals surface area (Å²) in [6.45, 7) is 0. The largest absolute Gasteiger partial charge is 0.457 e. The molecule has 0 amide bonds. The number of hydrogen-bond acceptors (Lipinski definition) is 5. The van der Waals surface area contributed by atoms with Crippen molar-refractivity contribution in [3.63, 3.8) is 0 Å². The SMILES string of the molecule is c1ccc(Oc2cccc(Oc3cccc(-n4cc(-n5c6ccccc6c6cccnc65)cn4)c3)c2)nc1. The average Bonchev–Trinajstić information content (AvgIpc) is 3.57. The lowest BCUT2D eigenvalue weighted by molar-refractivity contribution is 0.449. The molecule has 0 saturated carbocycles. The molecule has 0 N–H and O–H groups in total. The molecular weight excluding hydrogens is 474 g/mol. The number of pyridine rings is 2. The third-order valence-electron chi connectivity index (χ3n) is 6.24. The predicted molar refractivity (Wildman–Crippen MR) is 147 cm³/mol. The molecule has 7 heteroatoms. The molecule has 0 aliphatic heterocycles. The van der Waals surface area contributed by atoms with E-state index in [4.69, 9.17) is 9.47 Å². The molecule has 0 fully saturated rings. The number of para-hydroxylation sites is 1. The van der Waals surface area contributed by atoms with Gasteiger partial charge in [0.1, 0.15) is 22.9 Å². The monoisotopic (exact) mass is 495 g/mol. The van der Waals surface area contributed by atoms with E-state index in [1.165, 1.54) is 0 Å². The standard InChI is InChI=1S/C31H21N5O2/c1-2-14-29-27(12-1)28-13-7-17-33-31(28)36(29)23-20-34-35(21-23)22-8-5-9-24(18-22)37-25-10-6-11-26(19-25)38-30-15-3-4-16-32-30/h1-21H. The minimum absolute atomic E-state index is 0.527. The van der Waals surface area contributed by atoms with Crippen molar-refractivity contribution >= 4 is 21.9 Å². The van der Waals surface area contributed by atoms with E-state index >= 15 is 0 Å². The fourth-order valence-corrected chi connectivity index (χ4v) is 4.58. The summed E-state index contributed by atoms with van der Waals surface area (Å²) in [6.07, 6.45) is 7.37. The Morgan fingerprint density at radius 3 is 2.24 bits per heavy atom. The summed E-state index contributed by atoms with van der Waals surface area (Å²) in [7, 11) is 0. The average molecular weight is 496 g/mol. The Bertz CT molecular complexity index is 1840. The fraction of sp³-hybridized carbons (Fsp3) is 0. The Morgan fingerprint density at radius 2 is 1.34 bits per heavy atom. The molecule has 0 radical (unpaired) electrons. The van der Waals surface area contributed by atoms with Crippen LogP contribution in [0.4, 0.5) is 0 Å². The van der Waals surface area contributed by atoms with E-state index in [0.29, 0.717) is 23.1 Å². The van der Waals surface area contributed by atoms with Crippen molar-refractivity contribution in [2.24, 2.45) is 0 Å². The van der Waals surface area contributed by atoms with Gasteiger partial charge in [-0.3, -0.25) is 4.57 Å². The van der Waals surface area contributed by atoms with Crippen LogP contribution in [-0.4, -0.2) is 24.3 Å². The van der Waals surface area contributed by atoms with E-state index in [1.54, 1.807) is 6.20 Å². The second-order valence-corrected chi connectivity index (χ2v) is 8.71. The van der Waals surface area contributed by atoms with Crippen LogP contribution in [0.15, 0.2) is 128 Å². The van der Waals surface area contributed by atoms with Crippen molar-refractivity contribution in [2.45, 2.75) is 0 Å². The first-order chi connectivity index (χ1) is 18.8. The van der Waals surface area contributed by atoms with Crippen molar-refractivity contribution in [3.05, 3.63) is 128 Å². The lowest BCUT2D eigenvalue weighted by Gasteiger charge is -2.10. The lowest BCUT2D eigenvalue weighted by atomic mass is 10.2. The Balaban J connectivity index is 1.18. The molecule has 0 unspecified atom stereocenters. The smallest absolute Gasteiger partial charge is 0.219 e. The van der Waals surface area contributed by atoms with Gasteiger partial charge in [0.25, 0.3) is 0 Å². The summed E-state index contributed by atoms with van der Waals surface area (Å²) in [4.78, 5) is 8.87. The molecule has 0 atom stereocenters. The van der Waals surface area contributed by atoms with Crippen LogP contribution in [0.1, 0.15) is 0 Å². The summed E-state index contributed by atoms with van der Waals surface area (Å²) in [5.41, 5.74) is 3.80. The van der Waals surface area contributed by atoms with Gasteiger partial charge in [0, 0.05) is 41.4 Å². The first-order valence-corrected chi connectivity index (χ1v) is 12.2. The zero-order valence-electron chi connectivity index (χ0n) is 20.2. The third kappa shape index (κ3) is 4.02. The second kappa shape index (κ2) is 9.22. The van der Waals surface area contributed by atoms with Crippen LogP contribution in [0.3, 0.4) is 0 Å². The summed E-state index contributed by atoms with van der Waals surface area (Å²) in [5.74, 6) is 2.52. The van der Waals surface area contributed by atoms with E-state index in [1.807, 2.05) is 102 Å². The number of rotatable bonds is 6. The number of ether oxygens (including phenoxy) is 2. The van der Waals surface area contributed by atoms with Crippen molar-refractivity contribution < 1.29 is 9.47 Å². The molecule has 4 aromatic heterocycles. The number of nitrogens with zero attached hydrogens (tertiary/aromatic N) is 5. The highest BCUT2D eigenvalue weighted by Crippen LogP contribution is 2.31. The van der Waals surface area contributed by atoms with Gasteiger partial charge in [0.15, 0.2) is 0 Å². The minimum atomic E-state index is 0.527. The molecule has 0 aliphatic carbocycles. The van der Waals surface area contributed by atoms with E-state index in [-0.39, 0.29) is 0 Å².